The summed E-state index contributed by atoms with van der Waals surface area (Å²) < 4.78 is 10.7. The van der Waals surface area contributed by atoms with Gasteiger partial charge in [-0.25, -0.2) is 0 Å². The van der Waals surface area contributed by atoms with Crippen LogP contribution in [-0.4, -0.2) is 46.8 Å². The van der Waals surface area contributed by atoms with Crippen molar-refractivity contribution in [3.05, 3.63) is 18.2 Å². The van der Waals surface area contributed by atoms with E-state index in [0.29, 0.717) is 34.7 Å². The summed E-state index contributed by atoms with van der Waals surface area (Å²) in [5.41, 5.74) is 0.853. The molecule has 0 spiro atoms. The van der Waals surface area contributed by atoms with Crippen molar-refractivity contribution >= 4 is 28.3 Å². The minimum Gasteiger partial charge on any atom is -0.454 e. The van der Waals surface area contributed by atoms with Crippen LogP contribution >= 0.6 is 11.3 Å². The zero-order chi connectivity index (χ0) is 19.5. The van der Waals surface area contributed by atoms with Crippen LogP contribution in [0.15, 0.2) is 18.2 Å². The fraction of sp³-hybridized carbons (Fsp3) is 0.474. The van der Waals surface area contributed by atoms with Crippen LogP contribution in [0.3, 0.4) is 0 Å². The van der Waals surface area contributed by atoms with Gasteiger partial charge in [0.1, 0.15) is 5.01 Å². The Balaban J connectivity index is 1.33. The van der Waals surface area contributed by atoms with Crippen molar-refractivity contribution in [2.24, 2.45) is 5.92 Å². The lowest BCUT2D eigenvalue weighted by Crippen LogP contribution is -2.35. The Hall–Kier alpha value is -2.68. The Morgan fingerprint density at radius 2 is 2.04 bits per heavy atom. The van der Waals surface area contributed by atoms with Crippen LogP contribution in [-0.2, 0) is 9.59 Å². The van der Waals surface area contributed by atoms with Gasteiger partial charge in [-0.2, -0.15) is 0 Å². The van der Waals surface area contributed by atoms with E-state index in [-0.39, 0.29) is 30.9 Å². The largest absolute Gasteiger partial charge is 0.454 e. The first-order chi connectivity index (χ1) is 13.6. The number of carbonyl (C=O) groups excluding carboxylic acids is 2. The van der Waals surface area contributed by atoms with Crippen LogP contribution in [0.4, 0.5) is 5.13 Å². The van der Waals surface area contributed by atoms with Crippen molar-refractivity contribution in [3.63, 3.8) is 0 Å². The molecule has 148 valence electrons. The normalized spacial score (nSPS) is 14.8. The summed E-state index contributed by atoms with van der Waals surface area (Å²) in [6.45, 7) is 3.37. The van der Waals surface area contributed by atoms with Crippen molar-refractivity contribution < 1.29 is 19.1 Å². The van der Waals surface area contributed by atoms with E-state index in [1.165, 1.54) is 11.3 Å². The third kappa shape index (κ3) is 4.24. The highest BCUT2D eigenvalue weighted by Crippen LogP contribution is 2.37. The summed E-state index contributed by atoms with van der Waals surface area (Å²) in [7, 11) is 0. The standard InChI is InChI=1S/C19H22N4O4S/c1-2-8-23(18(25)12-3-4-12)9-7-16(24)20-19-22-21-17(28-19)13-5-6-14-15(10-13)27-11-26-14/h5-6,10,12H,2-4,7-9,11H2,1H3,(H,20,22,24). The zero-order valence-corrected chi connectivity index (χ0v) is 16.5. The fourth-order valence-corrected chi connectivity index (χ4v) is 3.78. The molecule has 2 aliphatic rings. The van der Waals surface area contributed by atoms with Crippen molar-refractivity contribution in [3.8, 4) is 22.1 Å². The molecule has 2 amide bonds. The van der Waals surface area contributed by atoms with Crippen molar-refractivity contribution in [2.45, 2.75) is 32.6 Å². The molecular formula is C19H22N4O4S. The minimum atomic E-state index is -0.168. The molecule has 2 heterocycles. The summed E-state index contributed by atoms with van der Waals surface area (Å²) in [5.74, 6) is 1.56. The van der Waals surface area contributed by atoms with Crippen LogP contribution in [0.5, 0.6) is 11.5 Å². The summed E-state index contributed by atoms with van der Waals surface area (Å²) in [4.78, 5) is 26.3. The molecule has 2 aromatic rings. The predicted octanol–water partition coefficient (Wildman–Crippen LogP) is 2.91. The van der Waals surface area contributed by atoms with Gasteiger partial charge in [-0.3, -0.25) is 9.59 Å². The second-order valence-corrected chi connectivity index (χ2v) is 7.86. The second kappa shape index (κ2) is 8.14. The summed E-state index contributed by atoms with van der Waals surface area (Å²) >= 11 is 1.29. The van der Waals surface area contributed by atoms with Crippen molar-refractivity contribution in [1.29, 1.82) is 0 Å². The first-order valence-electron chi connectivity index (χ1n) is 9.46. The van der Waals surface area contributed by atoms with Crippen molar-refractivity contribution in [2.75, 3.05) is 25.2 Å². The Kier molecular flexibility index (Phi) is 5.43. The van der Waals surface area contributed by atoms with E-state index in [9.17, 15) is 9.59 Å². The van der Waals surface area contributed by atoms with Crippen LogP contribution < -0.4 is 14.8 Å². The summed E-state index contributed by atoms with van der Waals surface area (Å²) in [6.07, 6.45) is 3.07. The number of fused-ring (bicyclic) bond motifs is 1. The number of nitrogens with zero attached hydrogens (tertiary/aromatic N) is 3. The summed E-state index contributed by atoms with van der Waals surface area (Å²) in [5, 5.41) is 12.1. The number of hydrogen-bond acceptors (Lipinski definition) is 7. The highest BCUT2D eigenvalue weighted by atomic mass is 32.1. The molecule has 8 nitrogen and oxygen atoms in total. The Morgan fingerprint density at radius 1 is 1.21 bits per heavy atom. The van der Waals surface area contributed by atoms with Gasteiger partial charge in [0.15, 0.2) is 11.5 Å². The second-order valence-electron chi connectivity index (χ2n) is 6.88. The Morgan fingerprint density at radius 3 is 2.82 bits per heavy atom. The molecule has 4 rings (SSSR count). The van der Waals surface area contributed by atoms with Gasteiger partial charge in [0, 0.05) is 31.0 Å². The molecule has 28 heavy (non-hydrogen) atoms. The molecule has 1 aliphatic carbocycles. The molecule has 1 N–H and O–H groups in total. The number of anilines is 1. The van der Waals surface area contributed by atoms with E-state index in [4.69, 9.17) is 9.47 Å². The highest BCUT2D eigenvalue weighted by molar-refractivity contribution is 7.18. The molecule has 0 atom stereocenters. The smallest absolute Gasteiger partial charge is 0.231 e. The van der Waals surface area contributed by atoms with Gasteiger partial charge in [0.25, 0.3) is 0 Å². The number of hydrogen-bond donors (Lipinski definition) is 1. The number of nitrogens with one attached hydrogen (secondary N) is 1. The maximum Gasteiger partial charge on any atom is 0.231 e. The molecule has 1 fully saturated rings. The zero-order valence-electron chi connectivity index (χ0n) is 15.6. The summed E-state index contributed by atoms with van der Waals surface area (Å²) in [6, 6.07) is 5.56. The molecule has 1 aliphatic heterocycles. The lowest BCUT2D eigenvalue weighted by Gasteiger charge is -2.21. The van der Waals surface area contributed by atoms with E-state index in [1.54, 1.807) is 4.90 Å². The predicted molar refractivity (Wildman–Crippen MR) is 104 cm³/mol. The molecule has 0 saturated heterocycles. The van der Waals surface area contributed by atoms with Gasteiger partial charge in [0.2, 0.25) is 23.7 Å². The van der Waals surface area contributed by atoms with E-state index >= 15 is 0 Å². The van der Waals surface area contributed by atoms with E-state index in [0.717, 1.165) is 24.8 Å². The highest BCUT2D eigenvalue weighted by Gasteiger charge is 2.33. The van der Waals surface area contributed by atoms with Crippen LogP contribution in [0.1, 0.15) is 32.6 Å². The van der Waals surface area contributed by atoms with E-state index in [2.05, 4.69) is 15.5 Å². The first-order valence-corrected chi connectivity index (χ1v) is 10.3. The van der Waals surface area contributed by atoms with Gasteiger partial charge in [0.05, 0.1) is 0 Å². The number of carbonyl (C=O) groups is 2. The Bertz CT molecular complexity index is 881. The number of ether oxygens (including phenoxy) is 2. The topological polar surface area (TPSA) is 93.7 Å². The molecule has 1 aromatic heterocycles. The van der Waals surface area contributed by atoms with Gasteiger partial charge < -0.3 is 19.7 Å². The number of aromatic nitrogens is 2. The molecule has 9 heteroatoms. The average Bonchev–Trinajstić information content (AvgIpc) is 3.26. The number of amides is 2. The van der Waals surface area contributed by atoms with Gasteiger partial charge in [-0.15, -0.1) is 10.2 Å². The third-order valence-electron chi connectivity index (χ3n) is 4.63. The first kappa shape index (κ1) is 18.7. The average molecular weight is 402 g/mol. The minimum absolute atomic E-state index is 0.168. The van der Waals surface area contributed by atoms with Crippen LogP contribution in [0.25, 0.3) is 10.6 Å². The molecule has 1 saturated carbocycles. The van der Waals surface area contributed by atoms with Gasteiger partial charge >= 0.3 is 0 Å². The van der Waals surface area contributed by atoms with E-state index in [1.807, 2.05) is 25.1 Å². The molecular weight excluding hydrogens is 380 g/mol. The SMILES string of the molecule is CCCN(CCC(=O)Nc1nnc(-c2ccc3c(c2)OCO3)s1)C(=O)C1CC1. The molecule has 0 unspecified atom stereocenters. The third-order valence-corrected chi connectivity index (χ3v) is 5.52. The molecule has 1 aromatic carbocycles. The molecule has 0 radical (unpaired) electrons. The van der Waals surface area contributed by atoms with Crippen LogP contribution in [0.2, 0.25) is 0 Å². The number of benzene rings is 1. The maximum absolute atomic E-state index is 12.3. The monoisotopic (exact) mass is 402 g/mol. The quantitative estimate of drug-likeness (QED) is 0.730. The maximum atomic E-state index is 12.3. The fourth-order valence-electron chi connectivity index (χ4n) is 3.03. The van der Waals surface area contributed by atoms with Crippen LogP contribution in [0, 0.1) is 5.92 Å². The van der Waals surface area contributed by atoms with E-state index < -0.39 is 0 Å². The van der Waals surface area contributed by atoms with Gasteiger partial charge in [-0.1, -0.05) is 18.3 Å². The molecule has 0 bridgehead atoms. The number of rotatable bonds is 8. The van der Waals surface area contributed by atoms with Gasteiger partial charge in [-0.05, 0) is 37.5 Å². The Labute approximate surface area is 166 Å². The van der Waals surface area contributed by atoms with Crippen molar-refractivity contribution in [1.82, 2.24) is 15.1 Å². The lowest BCUT2D eigenvalue weighted by molar-refractivity contribution is -0.133. The lowest BCUT2D eigenvalue weighted by atomic mass is 10.2.